The Morgan fingerprint density at radius 2 is 1.93 bits per heavy atom. The van der Waals surface area contributed by atoms with Gasteiger partial charge in [0.1, 0.15) is 13.2 Å². The number of ketones is 1. The molecular formula is C21H23NO4S. The highest BCUT2D eigenvalue weighted by molar-refractivity contribution is 7.14. The zero-order valence-electron chi connectivity index (χ0n) is 15.4. The summed E-state index contributed by atoms with van der Waals surface area (Å²) in [7, 11) is 0. The van der Waals surface area contributed by atoms with Gasteiger partial charge < -0.3 is 14.4 Å². The number of hydrogen-bond acceptors (Lipinski definition) is 5. The predicted octanol–water partition coefficient (Wildman–Crippen LogP) is 4.15. The number of hydrogen-bond donors (Lipinski definition) is 0. The van der Waals surface area contributed by atoms with Crippen LogP contribution in [0.15, 0.2) is 30.3 Å². The zero-order valence-corrected chi connectivity index (χ0v) is 16.2. The fraction of sp³-hybridized carbons (Fsp3) is 0.429. The van der Waals surface area contributed by atoms with Gasteiger partial charge in [-0.3, -0.25) is 9.59 Å². The van der Waals surface area contributed by atoms with Crippen LogP contribution in [-0.2, 0) is 4.79 Å². The van der Waals surface area contributed by atoms with Gasteiger partial charge in [0, 0.05) is 24.3 Å². The highest BCUT2D eigenvalue weighted by atomic mass is 32.1. The van der Waals surface area contributed by atoms with Crippen molar-refractivity contribution in [3.05, 3.63) is 45.6 Å². The first-order chi connectivity index (χ1) is 13.1. The van der Waals surface area contributed by atoms with E-state index in [1.807, 2.05) is 42.2 Å². The number of amides is 1. The third-order valence-electron chi connectivity index (χ3n) is 5.11. The average Bonchev–Trinajstić information content (AvgIpc) is 3.34. The van der Waals surface area contributed by atoms with E-state index in [0.717, 1.165) is 46.2 Å². The molecule has 1 saturated heterocycles. The summed E-state index contributed by atoms with van der Waals surface area (Å²) in [6.07, 6.45) is 2.44. The number of aryl methyl sites for hydroxylation is 1. The third kappa shape index (κ3) is 3.86. The molecule has 0 saturated carbocycles. The first-order valence-corrected chi connectivity index (χ1v) is 10.2. The molecule has 0 spiro atoms. The van der Waals surface area contributed by atoms with Gasteiger partial charge in [-0.15, -0.1) is 11.3 Å². The monoisotopic (exact) mass is 385 g/mol. The molecule has 1 amide bonds. The molecule has 1 atom stereocenters. The van der Waals surface area contributed by atoms with Crippen molar-refractivity contribution < 1.29 is 19.1 Å². The standard InChI is InChI=1S/C21H23NO4S/c1-14-4-8-20(27-14)17(23)6-9-21(24)22-10-2-3-16(22)15-5-7-18-19(13-15)26-12-11-25-18/h4-5,7-8,13,16H,2-3,6,9-12H2,1H3. The van der Waals surface area contributed by atoms with Crippen molar-refractivity contribution >= 4 is 23.0 Å². The number of likely N-dealkylation sites (tertiary alicyclic amines) is 1. The van der Waals surface area contributed by atoms with Crippen molar-refractivity contribution in [2.24, 2.45) is 0 Å². The Morgan fingerprint density at radius 3 is 2.70 bits per heavy atom. The molecule has 2 aromatic rings. The summed E-state index contributed by atoms with van der Waals surface area (Å²) in [6, 6.07) is 9.77. The minimum absolute atomic E-state index is 0.0485. The molecule has 1 aromatic carbocycles. The largest absolute Gasteiger partial charge is 0.486 e. The minimum Gasteiger partial charge on any atom is -0.486 e. The SMILES string of the molecule is Cc1ccc(C(=O)CCC(=O)N2CCCC2c2ccc3c(c2)OCCO3)s1. The van der Waals surface area contributed by atoms with Crippen LogP contribution in [0.4, 0.5) is 0 Å². The van der Waals surface area contributed by atoms with Gasteiger partial charge in [-0.25, -0.2) is 0 Å². The number of carbonyl (C=O) groups is 2. The van der Waals surface area contributed by atoms with Crippen molar-refractivity contribution in [2.45, 2.75) is 38.6 Å². The molecule has 6 heteroatoms. The summed E-state index contributed by atoms with van der Waals surface area (Å²) in [5, 5.41) is 0. The minimum atomic E-state index is 0.0485. The van der Waals surface area contributed by atoms with Gasteiger partial charge in [-0.05, 0) is 49.6 Å². The molecule has 2 aliphatic heterocycles. The molecule has 4 rings (SSSR count). The van der Waals surface area contributed by atoms with Crippen LogP contribution in [0.5, 0.6) is 11.5 Å². The lowest BCUT2D eigenvalue weighted by atomic mass is 10.0. The van der Waals surface area contributed by atoms with Crippen LogP contribution in [-0.4, -0.2) is 36.3 Å². The molecule has 142 valence electrons. The molecule has 1 aromatic heterocycles. The second-order valence-electron chi connectivity index (χ2n) is 6.98. The van der Waals surface area contributed by atoms with Gasteiger partial charge in [0.2, 0.25) is 5.91 Å². The van der Waals surface area contributed by atoms with Gasteiger partial charge in [0.25, 0.3) is 0 Å². The lowest BCUT2D eigenvalue weighted by Crippen LogP contribution is -2.30. The summed E-state index contributed by atoms with van der Waals surface area (Å²) in [4.78, 5) is 28.8. The maximum absolute atomic E-state index is 12.8. The topological polar surface area (TPSA) is 55.8 Å². The summed E-state index contributed by atoms with van der Waals surface area (Å²) in [5.74, 6) is 1.62. The number of thiophene rings is 1. The Bertz CT molecular complexity index is 860. The number of rotatable bonds is 5. The normalized spacial score (nSPS) is 18.6. The molecule has 2 aliphatic rings. The van der Waals surface area contributed by atoms with Crippen molar-refractivity contribution in [2.75, 3.05) is 19.8 Å². The Kier molecular flexibility index (Phi) is 5.16. The fourth-order valence-electron chi connectivity index (χ4n) is 3.75. The van der Waals surface area contributed by atoms with Gasteiger partial charge in [-0.1, -0.05) is 6.07 Å². The lowest BCUT2D eigenvalue weighted by Gasteiger charge is -2.26. The molecule has 27 heavy (non-hydrogen) atoms. The van der Waals surface area contributed by atoms with E-state index < -0.39 is 0 Å². The number of ether oxygens (including phenoxy) is 2. The Balaban J connectivity index is 1.41. The lowest BCUT2D eigenvalue weighted by molar-refractivity contribution is -0.132. The van der Waals surface area contributed by atoms with E-state index in [9.17, 15) is 9.59 Å². The predicted molar refractivity (Wildman–Crippen MR) is 104 cm³/mol. The molecule has 1 unspecified atom stereocenters. The summed E-state index contributed by atoms with van der Waals surface area (Å²) in [6.45, 7) is 3.84. The highest BCUT2D eigenvalue weighted by Gasteiger charge is 2.31. The van der Waals surface area contributed by atoms with Crippen LogP contribution in [0.2, 0.25) is 0 Å². The van der Waals surface area contributed by atoms with Gasteiger partial charge in [0.05, 0.1) is 10.9 Å². The Morgan fingerprint density at radius 1 is 1.11 bits per heavy atom. The van der Waals surface area contributed by atoms with E-state index in [2.05, 4.69) is 0 Å². The smallest absolute Gasteiger partial charge is 0.223 e. The van der Waals surface area contributed by atoms with E-state index in [-0.39, 0.29) is 30.6 Å². The van der Waals surface area contributed by atoms with E-state index in [1.54, 1.807) is 0 Å². The Hall–Kier alpha value is -2.34. The van der Waals surface area contributed by atoms with Crippen LogP contribution >= 0.6 is 11.3 Å². The number of nitrogens with zero attached hydrogens (tertiary/aromatic N) is 1. The van der Waals surface area contributed by atoms with Gasteiger partial charge in [-0.2, -0.15) is 0 Å². The van der Waals surface area contributed by atoms with E-state index in [1.165, 1.54) is 11.3 Å². The first-order valence-electron chi connectivity index (χ1n) is 9.40. The van der Waals surface area contributed by atoms with Crippen LogP contribution in [0, 0.1) is 6.92 Å². The van der Waals surface area contributed by atoms with Crippen molar-refractivity contribution in [1.29, 1.82) is 0 Å². The highest BCUT2D eigenvalue weighted by Crippen LogP contribution is 2.38. The molecule has 1 fully saturated rings. The average molecular weight is 385 g/mol. The van der Waals surface area contributed by atoms with Crippen LogP contribution in [0.1, 0.15) is 51.8 Å². The number of benzene rings is 1. The quantitative estimate of drug-likeness (QED) is 0.726. The van der Waals surface area contributed by atoms with Gasteiger partial charge in [0.15, 0.2) is 17.3 Å². The van der Waals surface area contributed by atoms with E-state index in [4.69, 9.17) is 9.47 Å². The summed E-state index contributed by atoms with van der Waals surface area (Å²) < 4.78 is 11.3. The first kappa shape index (κ1) is 18.0. The molecule has 0 radical (unpaired) electrons. The maximum Gasteiger partial charge on any atom is 0.223 e. The molecule has 5 nitrogen and oxygen atoms in total. The van der Waals surface area contributed by atoms with Gasteiger partial charge >= 0.3 is 0 Å². The van der Waals surface area contributed by atoms with Crippen LogP contribution < -0.4 is 9.47 Å². The summed E-state index contributed by atoms with van der Waals surface area (Å²) in [5.41, 5.74) is 1.07. The molecule has 0 bridgehead atoms. The number of Topliss-reactive ketones (excluding diaryl/α,β-unsaturated/α-hetero) is 1. The molecule has 0 N–H and O–H groups in total. The van der Waals surface area contributed by atoms with E-state index >= 15 is 0 Å². The van der Waals surface area contributed by atoms with Crippen molar-refractivity contribution in [1.82, 2.24) is 4.90 Å². The zero-order chi connectivity index (χ0) is 18.8. The van der Waals surface area contributed by atoms with Crippen LogP contribution in [0.3, 0.4) is 0 Å². The Labute approximate surface area is 162 Å². The maximum atomic E-state index is 12.8. The number of fused-ring (bicyclic) bond motifs is 1. The summed E-state index contributed by atoms with van der Waals surface area (Å²) >= 11 is 1.49. The third-order valence-corrected chi connectivity index (χ3v) is 6.15. The molecule has 3 heterocycles. The second kappa shape index (κ2) is 7.72. The number of carbonyl (C=O) groups excluding carboxylic acids is 2. The van der Waals surface area contributed by atoms with E-state index in [0.29, 0.717) is 13.2 Å². The van der Waals surface area contributed by atoms with Crippen LogP contribution in [0.25, 0.3) is 0 Å². The molecular weight excluding hydrogens is 362 g/mol. The van der Waals surface area contributed by atoms with Crippen molar-refractivity contribution in [3.8, 4) is 11.5 Å². The fourth-order valence-corrected chi connectivity index (χ4v) is 4.59. The van der Waals surface area contributed by atoms with Crippen molar-refractivity contribution in [3.63, 3.8) is 0 Å². The molecule has 0 aliphatic carbocycles. The second-order valence-corrected chi connectivity index (χ2v) is 8.27.